The third-order valence-electron chi connectivity index (χ3n) is 2.37. The second kappa shape index (κ2) is 5.45. The van der Waals surface area contributed by atoms with Gasteiger partial charge in [-0.05, 0) is 13.0 Å². The van der Waals surface area contributed by atoms with E-state index in [1.807, 2.05) is 4.90 Å². The summed E-state index contributed by atoms with van der Waals surface area (Å²) < 4.78 is 0. The first-order valence-electron chi connectivity index (χ1n) is 4.90. The summed E-state index contributed by atoms with van der Waals surface area (Å²) in [5, 5.41) is 8.61. The van der Waals surface area contributed by atoms with E-state index in [2.05, 4.69) is 6.19 Å². The Morgan fingerprint density at radius 1 is 1.36 bits per heavy atom. The van der Waals surface area contributed by atoms with Crippen molar-refractivity contribution in [2.75, 3.05) is 32.7 Å². The van der Waals surface area contributed by atoms with E-state index < -0.39 is 0 Å². The van der Waals surface area contributed by atoms with Crippen LogP contribution in [0, 0.1) is 11.5 Å². The Kier molecular flexibility index (Phi) is 4.20. The first-order chi connectivity index (χ1) is 6.77. The minimum atomic E-state index is 0.160. The molecule has 1 rings (SSSR count). The van der Waals surface area contributed by atoms with Gasteiger partial charge in [-0.3, -0.25) is 4.79 Å². The fraction of sp³-hybridized carbons (Fsp3) is 0.778. The predicted octanol–water partition coefficient (Wildman–Crippen LogP) is -0.649. The third kappa shape index (κ3) is 2.89. The van der Waals surface area contributed by atoms with Crippen LogP contribution in [-0.2, 0) is 4.79 Å². The topological polar surface area (TPSA) is 73.4 Å². The first kappa shape index (κ1) is 10.8. The van der Waals surface area contributed by atoms with E-state index in [0.29, 0.717) is 39.1 Å². The fourth-order valence-corrected chi connectivity index (χ4v) is 1.47. The van der Waals surface area contributed by atoms with Crippen molar-refractivity contribution in [3.8, 4) is 6.19 Å². The summed E-state index contributed by atoms with van der Waals surface area (Å²) >= 11 is 0. The third-order valence-corrected chi connectivity index (χ3v) is 2.37. The van der Waals surface area contributed by atoms with Crippen molar-refractivity contribution in [2.24, 2.45) is 5.73 Å². The number of hydrogen-bond acceptors (Lipinski definition) is 4. The van der Waals surface area contributed by atoms with Gasteiger partial charge in [0.2, 0.25) is 5.91 Å². The largest absolute Gasteiger partial charge is 0.339 e. The molecule has 2 N–H and O–H groups in total. The molecule has 0 bridgehead atoms. The highest BCUT2D eigenvalue weighted by Gasteiger charge is 2.19. The quantitative estimate of drug-likeness (QED) is 0.609. The normalized spacial score (nSPS) is 16.6. The van der Waals surface area contributed by atoms with Crippen LogP contribution in [0.1, 0.15) is 12.8 Å². The van der Waals surface area contributed by atoms with Crippen molar-refractivity contribution in [1.82, 2.24) is 9.80 Å². The fourth-order valence-electron chi connectivity index (χ4n) is 1.47. The van der Waals surface area contributed by atoms with Gasteiger partial charge in [0.15, 0.2) is 6.19 Å². The molecule has 1 aliphatic heterocycles. The van der Waals surface area contributed by atoms with Gasteiger partial charge >= 0.3 is 0 Å². The number of nitrogens with zero attached hydrogens (tertiary/aromatic N) is 3. The van der Waals surface area contributed by atoms with Crippen LogP contribution in [0.15, 0.2) is 0 Å². The van der Waals surface area contributed by atoms with Crippen LogP contribution >= 0.6 is 0 Å². The minimum absolute atomic E-state index is 0.160. The maximum atomic E-state index is 11.5. The van der Waals surface area contributed by atoms with Crippen molar-refractivity contribution in [1.29, 1.82) is 5.26 Å². The van der Waals surface area contributed by atoms with Crippen LogP contribution in [0.25, 0.3) is 0 Å². The van der Waals surface area contributed by atoms with Crippen LogP contribution in [0.3, 0.4) is 0 Å². The molecule has 1 heterocycles. The molecule has 0 unspecified atom stereocenters. The Morgan fingerprint density at radius 3 is 2.50 bits per heavy atom. The van der Waals surface area contributed by atoms with Crippen molar-refractivity contribution >= 4 is 5.91 Å². The molecule has 78 valence electrons. The molecular weight excluding hydrogens is 180 g/mol. The average Bonchev–Trinajstić information content (AvgIpc) is 2.26. The summed E-state index contributed by atoms with van der Waals surface area (Å²) in [5.41, 5.74) is 5.33. The minimum Gasteiger partial charge on any atom is -0.339 e. The molecule has 5 heteroatoms. The van der Waals surface area contributed by atoms with Gasteiger partial charge in [0.1, 0.15) is 0 Å². The average molecular weight is 196 g/mol. The van der Waals surface area contributed by atoms with Gasteiger partial charge in [-0.2, -0.15) is 5.26 Å². The molecule has 0 aromatic carbocycles. The highest BCUT2D eigenvalue weighted by Crippen LogP contribution is 2.03. The molecule has 0 atom stereocenters. The number of hydrogen-bond donors (Lipinski definition) is 1. The van der Waals surface area contributed by atoms with Crippen molar-refractivity contribution in [3.05, 3.63) is 0 Å². The summed E-state index contributed by atoms with van der Waals surface area (Å²) in [6, 6.07) is 0. The zero-order chi connectivity index (χ0) is 10.4. The van der Waals surface area contributed by atoms with Gasteiger partial charge < -0.3 is 15.5 Å². The Balaban J connectivity index is 2.27. The SMILES string of the molecule is N#CN1CCN(C(=O)CCCN)CC1. The van der Waals surface area contributed by atoms with E-state index >= 15 is 0 Å². The number of carbonyl (C=O) groups excluding carboxylic acids is 1. The molecule has 0 aliphatic carbocycles. The molecule has 0 radical (unpaired) electrons. The zero-order valence-corrected chi connectivity index (χ0v) is 8.28. The Bertz CT molecular complexity index is 227. The maximum absolute atomic E-state index is 11.5. The van der Waals surface area contributed by atoms with Crippen molar-refractivity contribution < 1.29 is 4.79 Å². The number of piperazine rings is 1. The summed E-state index contributed by atoms with van der Waals surface area (Å²) in [5.74, 6) is 0.160. The van der Waals surface area contributed by atoms with Gasteiger partial charge in [0, 0.05) is 32.6 Å². The number of nitriles is 1. The zero-order valence-electron chi connectivity index (χ0n) is 8.28. The van der Waals surface area contributed by atoms with Gasteiger partial charge in [-0.25, -0.2) is 0 Å². The molecule has 0 aromatic heterocycles. The van der Waals surface area contributed by atoms with Gasteiger partial charge in [0.25, 0.3) is 0 Å². The molecule has 1 fully saturated rings. The lowest BCUT2D eigenvalue weighted by molar-refractivity contribution is -0.132. The standard InChI is InChI=1S/C9H16N4O/c10-3-1-2-9(14)13-6-4-12(8-11)5-7-13/h1-7,10H2. The molecule has 1 saturated heterocycles. The highest BCUT2D eigenvalue weighted by atomic mass is 16.2. The molecule has 0 saturated carbocycles. The van der Waals surface area contributed by atoms with E-state index in [4.69, 9.17) is 11.0 Å². The van der Waals surface area contributed by atoms with Crippen LogP contribution < -0.4 is 5.73 Å². The summed E-state index contributed by atoms with van der Waals surface area (Å²) in [6.45, 7) is 3.20. The van der Waals surface area contributed by atoms with E-state index in [9.17, 15) is 4.79 Å². The number of carbonyl (C=O) groups is 1. The van der Waals surface area contributed by atoms with E-state index in [1.165, 1.54) is 0 Å². The lowest BCUT2D eigenvalue weighted by Gasteiger charge is -2.31. The molecule has 1 amide bonds. The maximum Gasteiger partial charge on any atom is 0.222 e. The van der Waals surface area contributed by atoms with Gasteiger partial charge in [-0.15, -0.1) is 0 Å². The molecule has 1 aliphatic rings. The lowest BCUT2D eigenvalue weighted by Crippen LogP contribution is -2.46. The molecule has 0 aromatic rings. The molecule has 5 nitrogen and oxygen atoms in total. The molecular formula is C9H16N4O. The summed E-state index contributed by atoms with van der Waals surface area (Å²) in [7, 11) is 0. The van der Waals surface area contributed by atoms with Gasteiger partial charge in [0.05, 0.1) is 0 Å². The Labute approximate surface area is 84.1 Å². The van der Waals surface area contributed by atoms with Crippen LogP contribution in [0.2, 0.25) is 0 Å². The number of rotatable bonds is 3. The monoisotopic (exact) mass is 196 g/mol. The Morgan fingerprint density at radius 2 is 2.00 bits per heavy atom. The summed E-state index contributed by atoms with van der Waals surface area (Å²) in [4.78, 5) is 15.0. The van der Waals surface area contributed by atoms with E-state index in [0.717, 1.165) is 6.42 Å². The summed E-state index contributed by atoms with van der Waals surface area (Å²) in [6.07, 6.45) is 3.36. The number of nitrogens with two attached hydrogens (primary N) is 1. The van der Waals surface area contributed by atoms with Crippen LogP contribution in [0.4, 0.5) is 0 Å². The second-order valence-electron chi connectivity index (χ2n) is 3.36. The van der Waals surface area contributed by atoms with E-state index in [1.54, 1.807) is 4.90 Å². The van der Waals surface area contributed by atoms with E-state index in [-0.39, 0.29) is 5.91 Å². The van der Waals surface area contributed by atoms with Crippen LogP contribution in [-0.4, -0.2) is 48.4 Å². The number of amides is 1. The van der Waals surface area contributed by atoms with Crippen molar-refractivity contribution in [3.63, 3.8) is 0 Å². The molecule has 14 heavy (non-hydrogen) atoms. The Hall–Kier alpha value is -1.28. The lowest BCUT2D eigenvalue weighted by atomic mass is 10.2. The highest BCUT2D eigenvalue weighted by molar-refractivity contribution is 5.76. The predicted molar refractivity (Wildman–Crippen MR) is 52.1 cm³/mol. The van der Waals surface area contributed by atoms with Crippen molar-refractivity contribution in [2.45, 2.75) is 12.8 Å². The molecule has 0 spiro atoms. The second-order valence-corrected chi connectivity index (χ2v) is 3.36. The van der Waals surface area contributed by atoms with Crippen LogP contribution in [0.5, 0.6) is 0 Å². The van der Waals surface area contributed by atoms with Gasteiger partial charge in [-0.1, -0.05) is 0 Å². The smallest absolute Gasteiger partial charge is 0.222 e. The first-order valence-corrected chi connectivity index (χ1v) is 4.90.